The van der Waals surface area contributed by atoms with Gasteiger partial charge in [-0.15, -0.1) is 0 Å². The lowest BCUT2D eigenvalue weighted by atomic mass is 10.0. The molecule has 134 valence electrons. The van der Waals surface area contributed by atoms with Gasteiger partial charge in [-0.3, -0.25) is 0 Å². The summed E-state index contributed by atoms with van der Waals surface area (Å²) in [4.78, 5) is 2.45. The van der Waals surface area contributed by atoms with E-state index in [1.54, 1.807) is 36.4 Å². The molecule has 0 saturated carbocycles. The van der Waals surface area contributed by atoms with Crippen molar-refractivity contribution in [3.8, 4) is 0 Å². The summed E-state index contributed by atoms with van der Waals surface area (Å²) in [5.41, 5.74) is 2.79. The monoisotopic (exact) mass is 387 g/mol. The fourth-order valence-corrected chi connectivity index (χ4v) is 4.60. The van der Waals surface area contributed by atoms with Crippen molar-refractivity contribution in [2.75, 3.05) is 13.6 Å². The molecule has 0 amide bonds. The van der Waals surface area contributed by atoms with Crippen molar-refractivity contribution in [2.45, 2.75) is 17.9 Å². The number of hydrogen-bond acceptors (Lipinski definition) is 4. The normalized spacial score (nSPS) is 15.6. The second-order valence-corrected chi connectivity index (χ2v) is 8.73. The highest BCUT2D eigenvalue weighted by molar-refractivity contribution is 7.94. The van der Waals surface area contributed by atoms with Crippen molar-refractivity contribution in [3.63, 3.8) is 0 Å². The molecule has 26 heavy (non-hydrogen) atoms. The number of sulfone groups is 1. The van der Waals surface area contributed by atoms with E-state index in [2.05, 4.69) is 4.90 Å². The number of halogens is 1. The SMILES string of the molecule is CN1CCc2c(Cl)ccc3oc(/C=C/S(=O)(=O)c4ccccc4)c(c23)C1. The third kappa shape index (κ3) is 3.07. The molecule has 1 aliphatic rings. The Kier molecular flexibility index (Phi) is 4.39. The minimum Gasteiger partial charge on any atom is -0.456 e. The lowest BCUT2D eigenvalue weighted by Gasteiger charge is -2.12. The second kappa shape index (κ2) is 6.58. The first-order chi connectivity index (χ1) is 12.5. The van der Waals surface area contributed by atoms with Gasteiger partial charge < -0.3 is 9.32 Å². The van der Waals surface area contributed by atoms with Crippen LogP contribution in [-0.2, 0) is 22.8 Å². The van der Waals surface area contributed by atoms with Gasteiger partial charge in [0.1, 0.15) is 11.3 Å². The minimum atomic E-state index is -3.52. The Morgan fingerprint density at radius 1 is 1.12 bits per heavy atom. The molecule has 0 atom stereocenters. The van der Waals surface area contributed by atoms with E-state index < -0.39 is 9.84 Å². The van der Waals surface area contributed by atoms with Crippen LogP contribution in [0.3, 0.4) is 0 Å². The van der Waals surface area contributed by atoms with E-state index >= 15 is 0 Å². The summed E-state index contributed by atoms with van der Waals surface area (Å²) in [7, 11) is -1.49. The number of nitrogens with zero attached hydrogens (tertiary/aromatic N) is 1. The second-order valence-electron chi connectivity index (χ2n) is 6.49. The van der Waals surface area contributed by atoms with Crippen molar-refractivity contribution in [1.82, 2.24) is 4.90 Å². The Morgan fingerprint density at radius 3 is 2.65 bits per heavy atom. The van der Waals surface area contributed by atoms with Gasteiger partial charge in [-0.2, -0.15) is 0 Å². The summed E-state index contributed by atoms with van der Waals surface area (Å²) in [5, 5.41) is 2.95. The van der Waals surface area contributed by atoms with Crippen LogP contribution in [0.15, 0.2) is 57.2 Å². The third-order valence-electron chi connectivity index (χ3n) is 4.68. The molecule has 4 rings (SSSR count). The quantitative estimate of drug-likeness (QED) is 0.663. The van der Waals surface area contributed by atoms with Gasteiger partial charge in [0.2, 0.25) is 0 Å². The van der Waals surface area contributed by atoms with Crippen LogP contribution < -0.4 is 0 Å². The van der Waals surface area contributed by atoms with E-state index in [9.17, 15) is 8.42 Å². The maximum Gasteiger partial charge on any atom is 0.199 e. The van der Waals surface area contributed by atoms with Gasteiger partial charge in [0.25, 0.3) is 0 Å². The topological polar surface area (TPSA) is 50.5 Å². The highest BCUT2D eigenvalue weighted by Crippen LogP contribution is 2.36. The van der Waals surface area contributed by atoms with Crippen LogP contribution in [0.2, 0.25) is 5.02 Å². The van der Waals surface area contributed by atoms with E-state index in [4.69, 9.17) is 16.0 Å². The molecule has 0 spiro atoms. The third-order valence-corrected chi connectivity index (χ3v) is 6.46. The lowest BCUT2D eigenvalue weighted by molar-refractivity contribution is 0.334. The molecule has 3 aromatic rings. The van der Waals surface area contributed by atoms with Gasteiger partial charge >= 0.3 is 0 Å². The van der Waals surface area contributed by atoms with Gasteiger partial charge in [0.05, 0.1) is 4.90 Å². The Bertz CT molecular complexity index is 1100. The first-order valence-electron chi connectivity index (χ1n) is 8.35. The molecule has 0 saturated heterocycles. The predicted molar refractivity (Wildman–Crippen MR) is 104 cm³/mol. The molecule has 1 aliphatic heterocycles. The number of rotatable bonds is 3. The molecule has 0 fully saturated rings. The average molecular weight is 388 g/mol. The van der Waals surface area contributed by atoms with Crippen LogP contribution in [-0.4, -0.2) is 26.9 Å². The van der Waals surface area contributed by atoms with Crippen molar-refractivity contribution < 1.29 is 12.8 Å². The number of furan rings is 1. The Hall–Kier alpha value is -2.08. The summed E-state index contributed by atoms with van der Waals surface area (Å²) >= 11 is 6.39. The number of likely N-dealkylation sites (N-methyl/N-ethyl adjacent to an activating group) is 1. The molecule has 0 radical (unpaired) electrons. The highest BCUT2D eigenvalue weighted by atomic mass is 35.5. The van der Waals surface area contributed by atoms with Crippen LogP contribution in [0.4, 0.5) is 0 Å². The Morgan fingerprint density at radius 2 is 1.88 bits per heavy atom. The van der Waals surface area contributed by atoms with Crippen molar-refractivity contribution in [3.05, 3.63) is 69.8 Å². The summed E-state index contributed by atoms with van der Waals surface area (Å²) in [6.45, 7) is 1.57. The molecule has 0 bridgehead atoms. The maximum atomic E-state index is 12.5. The van der Waals surface area contributed by atoms with Crippen LogP contribution in [0.5, 0.6) is 0 Å². The van der Waals surface area contributed by atoms with Crippen LogP contribution in [0, 0.1) is 0 Å². The van der Waals surface area contributed by atoms with E-state index in [0.29, 0.717) is 12.3 Å². The molecule has 0 aliphatic carbocycles. The Balaban J connectivity index is 1.83. The largest absolute Gasteiger partial charge is 0.456 e. The number of benzene rings is 2. The van der Waals surface area contributed by atoms with Gasteiger partial charge in [-0.05, 0) is 49.4 Å². The average Bonchev–Trinajstić information content (AvgIpc) is 2.87. The van der Waals surface area contributed by atoms with Gasteiger partial charge in [0, 0.05) is 34.5 Å². The minimum absolute atomic E-state index is 0.263. The summed E-state index contributed by atoms with van der Waals surface area (Å²) < 4.78 is 31.0. The molecule has 6 heteroatoms. The molecule has 2 aromatic carbocycles. The number of hydrogen-bond donors (Lipinski definition) is 0. The smallest absolute Gasteiger partial charge is 0.199 e. The summed E-state index contributed by atoms with van der Waals surface area (Å²) in [6, 6.07) is 12.1. The molecule has 0 N–H and O–H groups in total. The van der Waals surface area contributed by atoms with E-state index in [0.717, 1.165) is 40.1 Å². The van der Waals surface area contributed by atoms with Gasteiger partial charge in [-0.25, -0.2) is 8.42 Å². The van der Waals surface area contributed by atoms with Crippen molar-refractivity contribution in [1.29, 1.82) is 0 Å². The van der Waals surface area contributed by atoms with Crippen molar-refractivity contribution >= 4 is 38.5 Å². The fraction of sp³-hybridized carbons (Fsp3) is 0.200. The van der Waals surface area contributed by atoms with E-state index in [1.807, 2.05) is 19.2 Å². The van der Waals surface area contributed by atoms with Crippen LogP contribution in [0.1, 0.15) is 16.9 Å². The van der Waals surface area contributed by atoms with Crippen LogP contribution in [0.25, 0.3) is 17.0 Å². The zero-order chi connectivity index (χ0) is 18.3. The molecular weight excluding hydrogens is 370 g/mol. The Labute approximate surface area is 157 Å². The molecule has 2 heterocycles. The predicted octanol–water partition coefficient (Wildman–Crippen LogP) is 4.52. The molecular formula is C20H18ClNO3S. The molecule has 4 nitrogen and oxygen atoms in total. The highest BCUT2D eigenvalue weighted by Gasteiger charge is 2.22. The lowest BCUT2D eigenvalue weighted by Crippen LogP contribution is -2.18. The van der Waals surface area contributed by atoms with E-state index in [1.165, 1.54) is 5.41 Å². The summed E-state index contributed by atoms with van der Waals surface area (Å²) in [5.74, 6) is 0.566. The first kappa shape index (κ1) is 17.3. The molecule has 1 aromatic heterocycles. The summed E-state index contributed by atoms with van der Waals surface area (Å²) in [6.07, 6.45) is 2.39. The zero-order valence-corrected chi connectivity index (χ0v) is 15.8. The van der Waals surface area contributed by atoms with E-state index in [-0.39, 0.29) is 4.90 Å². The van der Waals surface area contributed by atoms with Gasteiger partial charge in [-0.1, -0.05) is 29.8 Å². The van der Waals surface area contributed by atoms with Crippen LogP contribution >= 0.6 is 11.6 Å². The zero-order valence-electron chi connectivity index (χ0n) is 14.3. The maximum absolute atomic E-state index is 12.5. The first-order valence-corrected chi connectivity index (χ1v) is 10.3. The van der Waals surface area contributed by atoms with Crippen molar-refractivity contribution in [2.24, 2.45) is 0 Å². The standard InChI is InChI=1S/C20H18ClNO3S/c1-22-11-9-15-17(21)7-8-19-20(15)16(13-22)18(25-19)10-12-26(23,24)14-5-3-2-4-6-14/h2-8,10,12H,9,11,13H2,1H3/b12-10+. The van der Waals surface area contributed by atoms with Gasteiger partial charge in [0.15, 0.2) is 9.84 Å². The molecule has 0 unspecified atom stereocenters. The fourth-order valence-electron chi connectivity index (χ4n) is 3.35.